The van der Waals surface area contributed by atoms with Crippen LogP contribution in [0.5, 0.6) is 0 Å². The quantitative estimate of drug-likeness (QED) is 0.644. The van der Waals surface area contributed by atoms with Gasteiger partial charge in [-0.3, -0.25) is 0 Å². The molecule has 0 bridgehead atoms. The fourth-order valence-corrected chi connectivity index (χ4v) is 3.05. The van der Waals surface area contributed by atoms with Crippen LogP contribution >= 0.6 is 0 Å². The van der Waals surface area contributed by atoms with E-state index in [0.717, 1.165) is 12.0 Å². The summed E-state index contributed by atoms with van der Waals surface area (Å²) in [4.78, 5) is 0. The molecule has 1 aliphatic rings. The van der Waals surface area contributed by atoms with Crippen LogP contribution in [0.15, 0.2) is 67.3 Å². The number of hydrogen-bond acceptors (Lipinski definition) is 0. The fraction of sp³-hybridized carbons (Fsp3) is 0.222. The van der Waals surface area contributed by atoms with Crippen molar-refractivity contribution < 1.29 is 0 Å². The van der Waals surface area contributed by atoms with Gasteiger partial charge in [0.05, 0.1) is 0 Å². The molecule has 0 heterocycles. The van der Waals surface area contributed by atoms with Gasteiger partial charge in [-0.25, -0.2) is 0 Å². The zero-order valence-electron chi connectivity index (χ0n) is 11.3. The fourth-order valence-electron chi connectivity index (χ4n) is 3.05. The van der Waals surface area contributed by atoms with Crippen LogP contribution in [0.25, 0.3) is 5.57 Å². The van der Waals surface area contributed by atoms with E-state index in [1.807, 2.05) is 6.08 Å². The number of rotatable bonds is 3. The predicted octanol–water partition coefficient (Wildman–Crippen LogP) is 5.05. The summed E-state index contributed by atoms with van der Waals surface area (Å²) in [5, 5.41) is 0. The molecule has 0 aliphatic heterocycles. The number of fused-ring (bicyclic) bond motifs is 1. The molecule has 0 saturated heterocycles. The topological polar surface area (TPSA) is 0 Å². The van der Waals surface area contributed by atoms with Crippen molar-refractivity contribution in [2.45, 2.75) is 25.7 Å². The lowest BCUT2D eigenvalue weighted by Gasteiger charge is -2.29. The molecule has 1 aromatic rings. The standard InChI is InChI=1S/C18H20/c1-6-9-16(13(2)3)18(5)12-14(4)15-10-7-8-11-17(15)18/h6-11H,1-2,4,12H2,3,5H3/b16-9+. The molecule has 2 rings (SSSR count). The number of allylic oxidation sites excluding steroid dienone is 5. The predicted molar refractivity (Wildman–Crippen MR) is 80.5 cm³/mol. The highest BCUT2D eigenvalue weighted by Gasteiger charge is 2.39. The normalized spacial score (nSPS) is 22.8. The lowest BCUT2D eigenvalue weighted by Crippen LogP contribution is -2.21. The minimum absolute atomic E-state index is 0.0201. The van der Waals surface area contributed by atoms with Gasteiger partial charge in [0, 0.05) is 5.41 Å². The van der Waals surface area contributed by atoms with Crippen molar-refractivity contribution in [2.24, 2.45) is 0 Å². The average Bonchev–Trinajstić information content (AvgIpc) is 2.60. The van der Waals surface area contributed by atoms with Gasteiger partial charge in [0.25, 0.3) is 0 Å². The second-order valence-corrected chi connectivity index (χ2v) is 5.25. The molecule has 0 heteroatoms. The van der Waals surface area contributed by atoms with E-state index < -0.39 is 0 Å². The van der Waals surface area contributed by atoms with Crippen molar-refractivity contribution in [2.75, 3.05) is 0 Å². The maximum Gasteiger partial charge on any atom is 0.0223 e. The summed E-state index contributed by atoms with van der Waals surface area (Å²) < 4.78 is 0. The van der Waals surface area contributed by atoms with E-state index in [4.69, 9.17) is 0 Å². The summed E-state index contributed by atoms with van der Waals surface area (Å²) in [5.41, 5.74) is 6.19. The van der Waals surface area contributed by atoms with Crippen molar-refractivity contribution in [3.8, 4) is 0 Å². The van der Waals surface area contributed by atoms with Crippen molar-refractivity contribution in [3.63, 3.8) is 0 Å². The van der Waals surface area contributed by atoms with Crippen molar-refractivity contribution >= 4 is 5.57 Å². The molecule has 1 unspecified atom stereocenters. The first-order chi connectivity index (χ1) is 8.50. The lowest BCUT2D eigenvalue weighted by molar-refractivity contribution is 0.603. The molecule has 1 aromatic carbocycles. The Kier molecular flexibility index (Phi) is 3.13. The van der Waals surface area contributed by atoms with Crippen LogP contribution < -0.4 is 0 Å². The maximum absolute atomic E-state index is 4.21. The Morgan fingerprint density at radius 2 is 2.00 bits per heavy atom. The average molecular weight is 236 g/mol. The van der Waals surface area contributed by atoms with Crippen LogP contribution in [0.1, 0.15) is 31.4 Å². The van der Waals surface area contributed by atoms with E-state index in [2.05, 4.69) is 63.9 Å². The minimum Gasteiger partial charge on any atom is -0.0991 e. The molecular weight excluding hydrogens is 216 g/mol. The first-order valence-corrected chi connectivity index (χ1v) is 6.27. The van der Waals surface area contributed by atoms with Gasteiger partial charge in [-0.2, -0.15) is 0 Å². The third-order valence-corrected chi connectivity index (χ3v) is 3.81. The number of benzene rings is 1. The van der Waals surface area contributed by atoms with E-state index in [1.54, 1.807) is 0 Å². The molecule has 0 N–H and O–H groups in total. The van der Waals surface area contributed by atoms with E-state index in [-0.39, 0.29) is 5.41 Å². The van der Waals surface area contributed by atoms with E-state index in [0.29, 0.717) is 0 Å². The van der Waals surface area contributed by atoms with Crippen molar-refractivity contribution in [3.05, 3.63) is 78.4 Å². The molecule has 0 saturated carbocycles. The maximum atomic E-state index is 4.21. The van der Waals surface area contributed by atoms with Gasteiger partial charge in [0.15, 0.2) is 0 Å². The van der Waals surface area contributed by atoms with Crippen LogP contribution in [0.4, 0.5) is 0 Å². The summed E-state index contributed by atoms with van der Waals surface area (Å²) in [5.74, 6) is 0. The van der Waals surface area contributed by atoms with Gasteiger partial charge >= 0.3 is 0 Å². The van der Waals surface area contributed by atoms with Gasteiger partial charge in [-0.1, -0.05) is 68.7 Å². The molecule has 0 fully saturated rings. The molecule has 0 nitrogen and oxygen atoms in total. The van der Waals surface area contributed by atoms with E-state index >= 15 is 0 Å². The molecule has 92 valence electrons. The van der Waals surface area contributed by atoms with Crippen molar-refractivity contribution in [1.29, 1.82) is 0 Å². The Labute approximate surface area is 110 Å². The molecule has 0 aromatic heterocycles. The lowest BCUT2D eigenvalue weighted by atomic mass is 9.74. The van der Waals surface area contributed by atoms with E-state index in [9.17, 15) is 0 Å². The van der Waals surface area contributed by atoms with Crippen LogP contribution in [0.3, 0.4) is 0 Å². The van der Waals surface area contributed by atoms with Gasteiger partial charge in [-0.15, -0.1) is 0 Å². The Morgan fingerprint density at radius 3 is 2.61 bits per heavy atom. The Hall–Kier alpha value is -1.82. The Bertz CT molecular complexity index is 557. The highest BCUT2D eigenvalue weighted by Crippen LogP contribution is 2.50. The largest absolute Gasteiger partial charge is 0.0991 e. The van der Waals surface area contributed by atoms with Crippen LogP contribution in [0, 0.1) is 0 Å². The third kappa shape index (κ3) is 1.78. The molecule has 0 spiro atoms. The third-order valence-electron chi connectivity index (χ3n) is 3.81. The minimum atomic E-state index is -0.0201. The zero-order chi connectivity index (χ0) is 13.3. The Morgan fingerprint density at radius 1 is 1.33 bits per heavy atom. The van der Waals surface area contributed by atoms with Gasteiger partial charge in [-0.05, 0) is 35.6 Å². The first kappa shape index (κ1) is 12.6. The smallest absolute Gasteiger partial charge is 0.0223 e. The molecule has 1 atom stereocenters. The van der Waals surface area contributed by atoms with Gasteiger partial charge in [0.1, 0.15) is 0 Å². The first-order valence-electron chi connectivity index (χ1n) is 6.27. The van der Waals surface area contributed by atoms with Gasteiger partial charge in [0.2, 0.25) is 0 Å². The molecule has 0 radical (unpaired) electrons. The Balaban J connectivity index is 2.64. The highest BCUT2D eigenvalue weighted by molar-refractivity contribution is 5.76. The number of hydrogen-bond donors (Lipinski definition) is 0. The van der Waals surface area contributed by atoms with Gasteiger partial charge < -0.3 is 0 Å². The summed E-state index contributed by atoms with van der Waals surface area (Å²) in [6, 6.07) is 8.54. The molecular formula is C18H20. The highest BCUT2D eigenvalue weighted by atomic mass is 14.4. The van der Waals surface area contributed by atoms with Crippen LogP contribution in [0.2, 0.25) is 0 Å². The van der Waals surface area contributed by atoms with Crippen LogP contribution in [-0.4, -0.2) is 0 Å². The second-order valence-electron chi connectivity index (χ2n) is 5.25. The van der Waals surface area contributed by atoms with Crippen LogP contribution in [-0.2, 0) is 5.41 Å². The zero-order valence-corrected chi connectivity index (χ0v) is 11.3. The summed E-state index contributed by atoms with van der Waals surface area (Å²) in [6.07, 6.45) is 4.88. The summed E-state index contributed by atoms with van der Waals surface area (Å²) in [6.45, 7) is 16.5. The van der Waals surface area contributed by atoms with E-state index in [1.165, 1.54) is 22.3 Å². The molecule has 0 amide bonds. The second kappa shape index (κ2) is 4.45. The summed E-state index contributed by atoms with van der Waals surface area (Å²) >= 11 is 0. The molecule has 1 aliphatic carbocycles. The molecule has 18 heavy (non-hydrogen) atoms. The SMILES string of the molecule is C=C/C=C(\C(=C)C)C1(C)CC(=C)c2ccccc21. The monoisotopic (exact) mass is 236 g/mol. The summed E-state index contributed by atoms with van der Waals surface area (Å²) in [7, 11) is 0. The van der Waals surface area contributed by atoms with Crippen molar-refractivity contribution in [1.82, 2.24) is 0 Å².